The highest BCUT2D eigenvalue weighted by atomic mass is 35.5. The van der Waals surface area contributed by atoms with Gasteiger partial charge in [-0.05, 0) is 48.5 Å². The normalized spacial score (nSPS) is 13.8. The Hall–Kier alpha value is -5.21. The summed E-state index contributed by atoms with van der Waals surface area (Å²) in [5.74, 6) is 0.211. The summed E-state index contributed by atoms with van der Waals surface area (Å²) >= 11 is 6.92. The predicted octanol–water partition coefficient (Wildman–Crippen LogP) is 5.70. The molecule has 4 heterocycles. The molecule has 3 N–H and O–H groups in total. The molecule has 0 spiro atoms. The molecule has 6 aromatic rings. The molecule has 1 aliphatic heterocycles. The maximum Gasteiger partial charge on any atom is 0.434 e. The number of methoxy groups -OCH3 is 1. The van der Waals surface area contributed by atoms with Gasteiger partial charge in [-0.2, -0.15) is 23.4 Å². The van der Waals surface area contributed by atoms with E-state index in [0.29, 0.717) is 43.0 Å². The number of hydrogen-bond acceptors (Lipinski definition) is 8. The third-order valence-corrected chi connectivity index (χ3v) is 8.17. The number of nitrogens with zero attached hydrogens (tertiary/aromatic N) is 6. The van der Waals surface area contributed by atoms with Crippen molar-refractivity contribution in [2.24, 2.45) is 0 Å². The van der Waals surface area contributed by atoms with Crippen LogP contribution in [0, 0.1) is 0 Å². The van der Waals surface area contributed by atoms with Crippen molar-refractivity contribution in [3.8, 4) is 22.6 Å². The van der Waals surface area contributed by atoms with E-state index in [1.807, 2.05) is 0 Å². The minimum absolute atomic E-state index is 0.109. The molecule has 0 unspecified atom stereocenters. The first-order valence-electron chi connectivity index (χ1n) is 14.2. The number of halogens is 4. The second-order valence-corrected chi connectivity index (χ2v) is 11.0. The Morgan fingerprint density at radius 2 is 1.80 bits per heavy atom. The number of rotatable bonds is 6. The van der Waals surface area contributed by atoms with Crippen LogP contribution >= 0.6 is 11.6 Å². The molecule has 1 saturated heterocycles. The van der Waals surface area contributed by atoms with Crippen molar-refractivity contribution in [2.75, 3.05) is 43.5 Å². The fourth-order valence-electron chi connectivity index (χ4n) is 5.69. The van der Waals surface area contributed by atoms with E-state index in [-0.39, 0.29) is 11.4 Å². The number of amides is 1. The number of aromatic nitrogens is 6. The molecule has 7 rings (SSSR count). The van der Waals surface area contributed by atoms with Crippen molar-refractivity contribution in [1.82, 2.24) is 35.3 Å². The monoisotopic (exact) mass is 647 g/mol. The van der Waals surface area contributed by atoms with Crippen LogP contribution in [0.15, 0.2) is 67.3 Å². The zero-order chi connectivity index (χ0) is 32.0. The van der Waals surface area contributed by atoms with Crippen molar-refractivity contribution in [2.45, 2.75) is 6.18 Å². The predicted molar refractivity (Wildman–Crippen MR) is 168 cm³/mol. The number of piperazine rings is 1. The van der Waals surface area contributed by atoms with Crippen LogP contribution in [0.5, 0.6) is 5.75 Å². The Labute approximate surface area is 264 Å². The van der Waals surface area contributed by atoms with Crippen LogP contribution in [0.2, 0.25) is 5.02 Å². The third-order valence-electron chi connectivity index (χ3n) is 7.86. The van der Waals surface area contributed by atoms with Crippen molar-refractivity contribution in [1.29, 1.82) is 0 Å². The zero-order valence-corrected chi connectivity index (χ0v) is 24.9. The third kappa shape index (κ3) is 5.24. The molecule has 1 amide bonds. The molecule has 0 aliphatic carbocycles. The number of carbonyl (C=O) groups is 1. The molecule has 0 saturated carbocycles. The standard InChI is InChI=1S/C31H25ClF3N9O2/c1-46-18-4-2-17(3-5-18)44-28(31(33,34)35)22(15-40-44)30(45)41-25-7-6-24-21(14-39-42-24)27(25)19-13-26-20(12-23(19)32)29(38-16-37-26)43-10-8-36-9-11-43/h2-7,12-16,36H,8-11H2,1H3,(H,39,42)(H,41,45). The van der Waals surface area contributed by atoms with Crippen LogP contribution in [0.1, 0.15) is 16.1 Å². The first-order valence-corrected chi connectivity index (χ1v) is 14.6. The lowest BCUT2D eigenvalue weighted by molar-refractivity contribution is -0.143. The first kappa shape index (κ1) is 29.5. The molecule has 1 aliphatic rings. The van der Waals surface area contributed by atoms with Gasteiger partial charge in [0.15, 0.2) is 5.69 Å². The highest BCUT2D eigenvalue weighted by Crippen LogP contribution is 2.42. The van der Waals surface area contributed by atoms with Crippen LogP contribution < -0.4 is 20.3 Å². The average Bonchev–Trinajstić information content (AvgIpc) is 3.73. The van der Waals surface area contributed by atoms with Gasteiger partial charge in [-0.15, -0.1) is 0 Å². The van der Waals surface area contributed by atoms with Crippen LogP contribution in [0.4, 0.5) is 24.7 Å². The summed E-state index contributed by atoms with van der Waals surface area (Å²) in [6.07, 6.45) is -0.951. The van der Waals surface area contributed by atoms with Crippen LogP contribution in [0.25, 0.3) is 38.6 Å². The van der Waals surface area contributed by atoms with Gasteiger partial charge in [0.2, 0.25) is 0 Å². The van der Waals surface area contributed by atoms with Crippen molar-refractivity contribution < 1.29 is 22.7 Å². The molecule has 3 aromatic carbocycles. The second-order valence-electron chi connectivity index (χ2n) is 10.6. The summed E-state index contributed by atoms with van der Waals surface area (Å²) < 4.78 is 49.1. The lowest BCUT2D eigenvalue weighted by atomic mass is 9.98. The van der Waals surface area contributed by atoms with E-state index in [0.717, 1.165) is 43.6 Å². The molecule has 0 bridgehead atoms. The molecule has 46 heavy (non-hydrogen) atoms. The van der Waals surface area contributed by atoms with E-state index in [2.05, 4.69) is 40.8 Å². The lowest BCUT2D eigenvalue weighted by Crippen LogP contribution is -2.44. The number of carbonyl (C=O) groups excluding carboxylic acids is 1. The van der Waals surface area contributed by atoms with E-state index in [1.54, 1.807) is 30.5 Å². The van der Waals surface area contributed by atoms with E-state index < -0.39 is 23.3 Å². The minimum Gasteiger partial charge on any atom is -0.497 e. The van der Waals surface area contributed by atoms with Crippen molar-refractivity contribution >= 4 is 50.8 Å². The van der Waals surface area contributed by atoms with Crippen LogP contribution in [-0.2, 0) is 6.18 Å². The Morgan fingerprint density at radius 1 is 1.02 bits per heavy atom. The number of H-pyrrole nitrogens is 1. The van der Waals surface area contributed by atoms with E-state index in [1.165, 1.54) is 37.7 Å². The Kier molecular flexibility index (Phi) is 7.45. The molecule has 15 heteroatoms. The summed E-state index contributed by atoms with van der Waals surface area (Å²) in [6, 6.07) is 12.7. The number of aromatic amines is 1. The van der Waals surface area contributed by atoms with Crippen molar-refractivity contribution in [3.63, 3.8) is 0 Å². The summed E-state index contributed by atoms with van der Waals surface area (Å²) in [5, 5.41) is 18.7. The molecule has 0 atom stereocenters. The molecular weight excluding hydrogens is 623 g/mol. The molecule has 0 radical (unpaired) electrons. The number of anilines is 2. The van der Waals surface area contributed by atoms with Crippen LogP contribution in [-0.4, -0.2) is 69.1 Å². The van der Waals surface area contributed by atoms with E-state index in [4.69, 9.17) is 16.3 Å². The average molecular weight is 648 g/mol. The van der Waals surface area contributed by atoms with Gasteiger partial charge >= 0.3 is 6.18 Å². The van der Waals surface area contributed by atoms with Crippen LogP contribution in [0.3, 0.4) is 0 Å². The van der Waals surface area contributed by atoms with Gasteiger partial charge in [0.1, 0.15) is 17.9 Å². The molecule has 11 nitrogen and oxygen atoms in total. The van der Waals surface area contributed by atoms with Gasteiger partial charge in [-0.25, -0.2) is 14.6 Å². The Bertz CT molecular complexity index is 2090. The second kappa shape index (κ2) is 11.6. The number of nitrogens with one attached hydrogen (secondary N) is 3. The van der Waals surface area contributed by atoms with Gasteiger partial charge in [0, 0.05) is 58.8 Å². The largest absolute Gasteiger partial charge is 0.497 e. The number of hydrogen-bond donors (Lipinski definition) is 3. The fourth-order valence-corrected chi connectivity index (χ4v) is 5.95. The number of fused-ring (bicyclic) bond motifs is 2. The number of benzene rings is 3. The summed E-state index contributed by atoms with van der Waals surface area (Å²) in [4.78, 5) is 24.8. The van der Waals surface area contributed by atoms with E-state index >= 15 is 0 Å². The van der Waals surface area contributed by atoms with Gasteiger partial charge < -0.3 is 20.3 Å². The van der Waals surface area contributed by atoms with Gasteiger partial charge in [0.05, 0.1) is 41.8 Å². The number of ether oxygens (including phenoxy) is 1. The van der Waals surface area contributed by atoms with Gasteiger partial charge in [0.25, 0.3) is 5.91 Å². The summed E-state index contributed by atoms with van der Waals surface area (Å²) in [5.41, 5.74) is 0.676. The van der Waals surface area contributed by atoms with E-state index in [9.17, 15) is 18.0 Å². The van der Waals surface area contributed by atoms with Crippen molar-refractivity contribution in [3.05, 3.63) is 83.5 Å². The van der Waals surface area contributed by atoms with Gasteiger partial charge in [-0.1, -0.05) is 11.6 Å². The summed E-state index contributed by atoms with van der Waals surface area (Å²) in [7, 11) is 1.45. The highest BCUT2D eigenvalue weighted by Gasteiger charge is 2.41. The maximum absolute atomic E-state index is 14.4. The highest BCUT2D eigenvalue weighted by molar-refractivity contribution is 6.35. The quantitative estimate of drug-likeness (QED) is 0.210. The topological polar surface area (TPSA) is 126 Å². The Morgan fingerprint density at radius 3 is 2.54 bits per heavy atom. The first-order chi connectivity index (χ1) is 22.2. The fraction of sp³-hybridized carbons (Fsp3) is 0.194. The number of alkyl halides is 3. The minimum atomic E-state index is -4.90. The SMILES string of the molecule is COc1ccc(-n2ncc(C(=O)Nc3ccc4[nH]ncc4c3-c3cc4ncnc(N5CCNCC5)c4cc3Cl)c2C(F)(F)F)cc1. The lowest BCUT2D eigenvalue weighted by Gasteiger charge is -2.29. The molecular formula is C31H25ClF3N9O2. The Balaban J connectivity index is 1.31. The molecule has 3 aromatic heterocycles. The van der Waals surface area contributed by atoms with Gasteiger partial charge in [-0.3, -0.25) is 9.89 Å². The molecule has 234 valence electrons. The summed E-state index contributed by atoms with van der Waals surface area (Å²) in [6.45, 7) is 3.17. The zero-order valence-electron chi connectivity index (χ0n) is 24.2. The smallest absolute Gasteiger partial charge is 0.434 e. The maximum atomic E-state index is 14.4. The molecule has 1 fully saturated rings.